The molecular formula is C38H46N6O6. The smallest absolute Gasteiger partial charge is 0.246 e. The number of amides is 3. The first-order valence-electron chi connectivity index (χ1n) is 16.9. The van der Waals surface area contributed by atoms with Crippen LogP contribution in [-0.2, 0) is 38.6 Å². The van der Waals surface area contributed by atoms with Gasteiger partial charge in [-0.05, 0) is 48.0 Å². The summed E-state index contributed by atoms with van der Waals surface area (Å²) in [6.45, 7) is 5.98. The molecule has 3 saturated heterocycles. The molecule has 0 spiro atoms. The van der Waals surface area contributed by atoms with Crippen LogP contribution >= 0.6 is 0 Å². The van der Waals surface area contributed by atoms with E-state index >= 15 is 0 Å². The van der Waals surface area contributed by atoms with E-state index in [4.69, 9.17) is 15.9 Å². The molecule has 12 heteroatoms. The Hall–Kier alpha value is -4.93. The molecule has 3 aromatic carbocycles. The first-order chi connectivity index (χ1) is 24.4. The van der Waals surface area contributed by atoms with E-state index < -0.39 is 12.2 Å². The van der Waals surface area contributed by atoms with Crippen molar-refractivity contribution in [2.45, 2.75) is 31.7 Å². The standard InChI is InChI=1S/C30H35N5O6.C8H11N/c1-2-10-33-21-29(38)35-27(18-23-6-8-25(37)9-7-23)30(39)32(20-28(35)34(33)22-36)19-24-4-3-5-26(17-24)41-16-13-31-11-14-40-15-12-31;1-9-7-8-5-3-2-4-6-8/h1,3-9,17,22,27-28,37H,10-16,18-21H2;2-6,9H,7H2,1H3/t27-,28?;/m0./s1. The van der Waals surface area contributed by atoms with Crippen molar-refractivity contribution < 1.29 is 29.0 Å². The molecule has 2 atom stereocenters. The molecule has 0 aliphatic carbocycles. The molecule has 0 radical (unpaired) electrons. The Morgan fingerprint density at radius 3 is 2.44 bits per heavy atom. The Kier molecular flexibility index (Phi) is 13.2. The number of piperazine rings is 1. The first kappa shape index (κ1) is 36.4. The fourth-order valence-electron chi connectivity index (χ4n) is 6.41. The summed E-state index contributed by atoms with van der Waals surface area (Å²) in [5.74, 6) is 2.85. The molecule has 12 nitrogen and oxygen atoms in total. The Labute approximate surface area is 294 Å². The van der Waals surface area contributed by atoms with Gasteiger partial charge in [-0.3, -0.25) is 24.3 Å². The molecule has 3 aromatic rings. The highest BCUT2D eigenvalue weighted by atomic mass is 16.5. The number of hydrazine groups is 1. The van der Waals surface area contributed by atoms with Gasteiger partial charge in [-0.1, -0.05) is 60.5 Å². The normalized spacial score (nSPS) is 19.6. The summed E-state index contributed by atoms with van der Waals surface area (Å²) < 4.78 is 11.4. The largest absolute Gasteiger partial charge is 0.508 e. The molecular weight excluding hydrogens is 636 g/mol. The van der Waals surface area contributed by atoms with Crippen molar-refractivity contribution in [2.75, 3.05) is 66.1 Å². The molecule has 0 bridgehead atoms. The molecule has 0 saturated carbocycles. The molecule has 3 amide bonds. The van der Waals surface area contributed by atoms with Crippen molar-refractivity contribution >= 4 is 18.2 Å². The minimum Gasteiger partial charge on any atom is -0.508 e. The summed E-state index contributed by atoms with van der Waals surface area (Å²) in [5, 5.41) is 15.8. The van der Waals surface area contributed by atoms with Gasteiger partial charge in [0, 0.05) is 39.1 Å². The minimum absolute atomic E-state index is 0.0925. The predicted molar refractivity (Wildman–Crippen MR) is 188 cm³/mol. The van der Waals surface area contributed by atoms with Crippen LogP contribution in [0, 0.1) is 12.3 Å². The molecule has 2 N–H and O–H groups in total. The second-order valence-corrected chi connectivity index (χ2v) is 12.4. The molecule has 3 fully saturated rings. The molecule has 264 valence electrons. The van der Waals surface area contributed by atoms with E-state index in [9.17, 15) is 19.5 Å². The number of nitrogens with zero attached hydrogens (tertiary/aromatic N) is 5. The number of morpholine rings is 1. The average molecular weight is 683 g/mol. The number of carbonyl (C=O) groups is 3. The molecule has 3 aliphatic rings. The number of benzene rings is 3. The lowest BCUT2D eigenvalue weighted by Crippen LogP contribution is -2.74. The third kappa shape index (κ3) is 9.61. The number of nitrogens with one attached hydrogen (secondary N) is 1. The highest BCUT2D eigenvalue weighted by Crippen LogP contribution is 2.29. The summed E-state index contributed by atoms with van der Waals surface area (Å²) in [7, 11) is 1.95. The second kappa shape index (κ2) is 18.2. The van der Waals surface area contributed by atoms with Crippen LogP contribution in [-0.4, -0.2) is 126 Å². The van der Waals surface area contributed by atoms with Crippen LogP contribution in [0.2, 0.25) is 0 Å². The highest BCUT2D eigenvalue weighted by Gasteiger charge is 2.49. The van der Waals surface area contributed by atoms with E-state index in [0.717, 1.165) is 50.5 Å². The van der Waals surface area contributed by atoms with Crippen LogP contribution in [0.5, 0.6) is 11.5 Å². The number of fused-ring (bicyclic) bond motifs is 1. The molecule has 0 aromatic heterocycles. The monoisotopic (exact) mass is 682 g/mol. The van der Waals surface area contributed by atoms with Gasteiger partial charge in [0.05, 0.1) is 32.8 Å². The summed E-state index contributed by atoms with van der Waals surface area (Å²) in [5.41, 5.74) is 2.99. The van der Waals surface area contributed by atoms with Crippen LogP contribution in [0.4, 0.5) is 0 Å². The topological polar surface area (TPSA) is 118 Å². The third-order valence-corrected chi connectivity index (χ3v) is 8.90. The number of ether oxygens (including phenoxy) is 2. The lowest BCUT2D eigenvalue weighted by atomic mass is 9.98. The predicted octanol–water partition coefficient (Wildman–Crippen LogP) is 1.94. The Bertz CT molecular complexity index is 1590. The van der Waals surface area contributed by atoms with Crippen molar-refractivity contribution in [3.8, 4) is 23.8 Å². The summed E-state index contributed by atoms with van der Waals surface area (Å²) in [6.07, 6.45) is 5.71. The van der Waals surface area contributed by atoms with E-state index in [-0.39, 0.29) is 50.2 Å². The lowest BCUT2D eigenvalue weighted by Gasteiger charge is -2.54. The van der Waals surface area contributed by atoms with Gasteiger partial charge >= 0.3 is 0 Å². The number of carbonyl (C=O) groups excluding carboxylic acids is 3. The van der Waals surface area contributed by atoms with Gasteiger partial charge in [-0.15, -0.1) is 6.42 Å². The van der Waals surface area contributed by atoms with Gasteiger partial charge < -0.3 is 29.7 Å². The van der Waals surface area contributed by atoms with E-state index in [0.29, 0.717) is 18.8 Å². The van der Waals surface area contributed by atoms with Crippen LogP contribution in [0.25, 0.3) is 0 Å². The summed E-state index contributed by atoms with van der Waals surface area (Å²) >= 11 is 0. The maximum absolute atomic E-state index is 13.9. The van der Waals surface area contributed by atoms with Crippen molar-refractivity contribution in [2.24, 2.45) is 0 Å². The molecule has 50 heavy (non-hydrogen) atoms. The second-order valence-electron chi connectivity index (χ2n) is 12.4. The first-order valence-corrected chi connectivity index (χ1v) is 16.9. The SMILES string of the molecule is C#CCN1CC(=O)N2C(CN(Cc3cccc(OCCN4CCOCC4)c3)C(=O)[C@@H]2Cc2ccc(O)cc2)N1C=O.CNCc1ccccc1. The van der Waals surface area contributed by atoms with E-state index in [1.165, 1.54) is 20.5 Å². The zero-order chi connectivity index (χ0) is 35.3. The van der Waals surface area contributed by atoms with Gasteiger partial charge in [0.2, 0.25) is 18.2 Å². The molecule has 6 rings (SSSR count). The Morgan fingerprint density at radius 2 is 1.74 bits per heavy atom. The van der Waals surface area contributed by atoms with Gasteiger partial charge in [-0.2, -0.15) is 5.01 Å². The van der Waals surface area contributed by atoms with Crippen LogP contribution in [0.1, 0.15) is 16.7 Å². The number of phenols is 1. The van der Waals surface area contributed by atoms with E-state index in [2.05, 4.69) is 28.3 Å². The van der Waals surface area contributed by atoms with Gasteiger partial charge in [-0.25, -0.2) is 0 Å². The molecule has 3 heterocycles. The number of aromatic hydroxyl groups is 1. The van der Waals surface area contributed by atoms with Crippen LogP contribution < -0.4 is 10.1 Å². The maximum atomic E-state index is 13.9. The minimum atomic E-state index is -0.825. The van der Waals surface area contributed by atoms with E-state index in [1.54, 1.807) is 29.2 Å². The van der Waals surface area contributed by atoms with Gasteiger partial charge in [0.15, 0.2) is 0 Å². The molecule has 1 unspecified atom stereocenters. The van der Waals surface area contributed by atoms with Crippen LogP contribution in [0.15, 0.2) is 78.9 Å². The maximum Gasteiger partial charge on any atom is 0.246 e. The summed E-state index contributed by atoms with van der Waals surface area (Å²) in [6, 6.07) is 23.7. The number of hydrogen-bond acceptors (Lipinski definition) is 9. The van der Waals surface area contributed by atoms with E-state index in [1.807, 2.05) is 49.5 Å². The number of terminal acetylenes is 1. The average Bonchev–Trinajstić information content (AvgIpc) is 3.13. The Morgan fingerprint density at radius 1 is 1.00 bits per heavy atom. The van der Waals surface area contributed by atoms with Crippen molar-refractivity contribution in [3.63, 3.8) is 0 Å². The van der Waals surface area contributed by atoms with Gasteiger partial charge in [0.25, 0.3) is 0 Å². The number of rotatable bonds is 12. The third-order valence-electron chi connectivity index (χ3n) is 8.90. The zero-order valence-electron chi connectivity index (χ0n) is 28.5. The van der Waals surface area contributed by atoms with Crippen molar-refractivity contribution in [1.29, 1.82) is 0 Å². The number of hydrogen-bond donors (Lipinski definition) is 2. The lowest BCUT2D eigenvalue weighted by molar-refractivity contribution is -0.198. The highest BCUT2D eigenvalue weighted by molar-refractivity contribution is 5.91. The van der Waals surface area contributed by atoms with Crippen molar-refractivity contribution in [1.82, 2.24) is 30.0 Å². The number of phenolic OH excluding ortho intramolecular Hbond substituents is 1. The fourth-order valence-corrected chi connectivity index (χ4v) is 6.41. The van der Waals surface area contributed by atoms with Crippen LogP contribution in [0.3, 0.4) is 0 Å². The quantitative estimate of drug-likeness (QED) is 0.218. The van der Waals surface area contributed by atoms with Crippen molar-refractivity contribution in [3.05, 3.63) is 95.6 Å². The molecule has 3 aliphatic heterocycles. The Balaban J connectivity index is 0.000000470. The fraction of sp³-hybridized carbons (Fsp3) is 0.395. The zero-order valence-corrected chi connectivity index (χ0v) is 28.5. The summed E-state index contributed by atoms with van der Waals surface area (Å²) in [4.78, 5) is 45.0. The van der Waals surface area contributed by atoms with Gasteiger partial charge in [0.1, 0.15) is 30.3 Å².